The second-order valence-electron chi connectivity index (χ2n) is 10.5. The first-order valence-corrected chi connectivity index (χ1v) is 14.6. The molecule has 0 saturated carbocycles. The Morgan fingerprint density at radius 2 is 1.56 bits per heavy atom. The van der Waals surface area contributed by atoms with Gasteiger partial charge in [0.05, 0.1) is 4.90 Å². The molecule has 2 aliphatic heterocycles. The standard InChI is InChI=1S/C31H28N4O5S/c1-31(29(37)34(2)30(38)33-31)24-12-14-25(15-13-24)32-28(36)27-18-22-9-5-6-10-23(22)19-35(27)41(39,40)26-16-11-20-7-3-4-8-21(20)17-26/h3-17,27H,18-19H2,1-2H3,(H,32,36)(H,33,38). The molecule has 4 amide bonds. The number of imide groups is 1. The Morgan fingerprint density at radius 3 is 2.24 bits per heavy atom. The zero-order chi connectivity index (χ0) is 28.9. The lowest BCUT2D eigenvalue weighted by Crippen LogP contribution is -2.50. The quantitative estimate of drug-likeness (QED) is 0.353. The van der Waals surface area contributed by atoms with Crippen LogP contribution in [0.2, 0.25) is 0 Å². The van der Waals surface area contributed by atoms with Gasteiger partial charge in [0, 0.05) is 19.3 Å². The van der Waals surface area contributed by atoms with E-state index in [1.165, 1.54) is 11.4 Å². The lowest BCUT2D eigenvalue weighted by molar-refractivity contribution is -0.130. The number of fused-ring (bicyclic) bond motifs is 2. The largest absolute Gasteiger partial charge is 0.325 e. The number of benzene rings is 4. The van der Waals surface area contributed by atoms with Gasteiger partial charge in [-0.2, -0.15) is 4.31 Å². The van der Waals surface area contributed by atoms with Crippen LogP contribution in [0.5, 0.6) is 0 Å². The van der Waals surface area contributed by atoms with Gasteiger partial charge in [0.15, 0.2) is 0 Å². The average molecular weight is 569 g/mol. The van der Waals surface area contributed by atoms with Crippen molar-refractivity contribution < 1.29 is 22.8 Å². The number of nitrogens with one attached hydrogen (secondary N) is 2. The molecule has 0 aromatic heterocycles. The van der Waals surface area contributed by atoms with Crippen LogP contribution in [0.3, 0.4) is 0 Å². The summed E-state index contributed by atoms with van der Waals surface area (Å²) in [6.07, 6.45) is 0.220. The van der Waals surface area contributed by atoms with Crippen molar-refractivity contribution in [2.24, 2.45) is 0 Å². The van der Waals surface area contributed by atoms with E-state index in [-0.39, 0.29) is 23.8 Å². The minimum absolute atomic E-state index is 0.0655. The first-order chi connectivity index (χ1) is 19.6. The van der Waals surface area contributed by atoms with E-state index in [2.05, 4.69) is 10.6 Å². The van der Waals surface area contributed by atoms with E-state index in [9.17, 15) is 22.8 Å². The third kappa shape index (κ3) is 4.55. The van der Waals surface area contributed by atoms with Crippen LogP contribution >= 0.6 is 0 Å². The van der Waals surface area contributed by atoms with Crippen LogP contribution in [0.25, 0.3) is 10.8 Å². The van der Waals surface area contributed by atoms with Gasteiger partial charge >= 0.3 is 6.03 Å². The van der Waals surface area contributed by atoms with Crippen molar-refractivity contribution in [1.82, 2.24) is 14.5 Å². The number of carbonyl (C=O) groups excluding carboxylic acids is 3. The minimum atomic E-state index is -4.04. The molecule has 2 unspecified atom stereocenters. The van der Waals surface area contributed by atoms with Crippen LogP contribution in [0.15, 0.2) is 95.9 Å². The highest BCUT2D eigenvalue weighted by Crippen LogP contribution is 2.32. The normalized spacial score (nSPS) is 21.0. The fourth-order valence-electron chi connectivity index (χ4n) is 5.53. The molecular formula is C31H28N4O5S. The van der Waals surface area contributed by atoms with Crippen LogP contribution in [-0.2, 0) is 38.1 Å². The summed E-state index contributed by atoms with van der Waals surface area (Å²) in [5.41, 5.74) is 1.55. The molecule has 2 aliphatic rings. The van der Waals surface area contributed by atoms with Gasteiger partial charge in [-0.1, -0.05) is 66.7 Å². The Labute approximate surface area is 237 Å². The molecule has 6 rings (SSSR count). The van der Waals surface area contributed by atoms with Crippen molar-refractivity contribution in [1.29, 1.82) is 0 Å². The molecule has 2 heterocycles. The highest BCUT2D eigenvalue weighted by atomic mass is 32.2. The Morgan fingerprint density at radius 1 is 0.902 bits per heavy atom. The van der Waals surface area contributed by atoms with Gasteiger partial charge in [0.1, 0.15) is 11.6 Å². The summed E-state index contributed by atoms with van der Waals surface area (Å²) in [6, 6.07) is 25.2. The van der Waals surface area contributed by atoms with Crippen LogP contribution < -0.4 is 10.6 Å². The zero-order valence-corrected chi connectivity index (χ0v) is 23.3. The molecule has 9 nitrogen and oxygen atoms in total. The molecule has 0 aliphatic carbocycles. The van der Waals surface area contributed by atoms with Gasteiger partial charge in [-0.05, 0) is 65.1 Å². The molecule has 1 fully saturated rings. The predicted molar refractivity (Wildman–Crippen MR) is 154 cm³/mol. The van der Waals surface area contributed by atoms with Crippen LogP contribution in [-0.4, -0.2) is 48.6 Å². The maximum Gasteiger partial charge on any atom is 0.325 e. The monoisotopic (exact) mass is 568 g/mol. The van der Waals surface area contributed by atoms with Crippen molar-refractivity contribution in [3.8, 4) is 0 Å². The van der Waals surface area contributed by atoms with Crippen LogP contribution in [0, 0.1) is 0 Å². The number of hydrogen-bond donors (Lipinski definition) is 2. The van der Waals surface area contributed by atoms with E-state index in [1.54, 1.807) is 49.4 Å². The SMILES string of the molecule is CN1C(=O)NC(C)(c2ccc(NC(=O)C3Cc4ccccc4CN3S(=O)(=O)c3ccc4ccccc4c3)cc2)C1=O. The topological polar surface area (TPSA) is 116 Å². The number of nitrogens with zero attached hydrogens (tertiary/aromatic N) is 2. The second-order valence-corrected chi connectivity index (χ2v) is 12.4. The number of anilines is 1. The number of likely N-dealkylation sites (N-methyl/N-ethyl adjacent to an activating group) is 1. The highest BCUT2D eigenvalue weighted by molar-refractivity contribution is 7.89. The molecule has 4 aromatic carbocycles. The Kier molecular flexibility index (Phi) is 6.39. The summed E-state index contributed by atoms with van der Waals surface area (Å²) >= 11 is 0. The number of hydrogen-bond acceptors (Lipinski definition) is 5. The molecule has 0 radical (unpaired) electrons. The Hall–Kier alpha value is -4.54. The van der Waals surface area contributed by atoms with Crippen molar-refractivity contribution in [2.75, 3.05) is 12.4 Å². The van der Waals surface area contributed by atoms with E-state index in [4.69, 9.17) is 0 Å². The Balaban J connectivity index is 1.30. The maximum atomic E-state index is 14.0. The van der Waals surface area contributed by atoms with E-state index < -0.39 is 33.5 Å². The van der Waals surface area contributed by atoms with Gasteiger partial charge < -0.3 is 10.6 Å². The fourth-order valence-corrected chi connectivity index (χ4v) is 7.13. The van der Waals surface area contributed by atoms with E-state index in [0.29, 0.717) is 11.3 Å². The minimum Gasteiger partial charge on any atom is -0.325 e. The molecule has 2 atom stereocenters. The first-order valence-electron chi connectivity index (χ1n) is 13.2. The molecule has 2 N–H and O–H groups in total. The summed E-state index contributed by atoms with van der Waals surface area (Å²) in [7, 11) is -2.62. The molecule has 0 bridgehead atoms. The van der Waals surface area contributed by atoms with Gasteiger partial charge in [-0.15, -0.1) is 0 Å². The van der Waals surface area contributed by atoms with E-state index in [0.717, 1.165) is 26.8 Å². The average Bonchev–Trinajstić information content (AvgIpc) is 3.19. The van der Waals surface area contributed by atoms with Crippen molar-refractivity contribution in [3.63, 3.8) is 0 Å². The maximum absolute atomic E-state index is 14.0. The lowest BCUT2D eigenvalue weighted by Gasteiger charge is -2.35. The van der Waals surface area contributed by atoms with Crippen molar-refractivity contribution in [2.45, 2.75) is 36.4 Å². The van der Waals surface area contributed by atoms with Gasteiger partial charge in [-0.3, -0.25) is 14.5 Å². The number of amides is 4. The van der Waals surface area contributed by atoms with Gasteiger partial charge in [-0.25, -0.2) is 13.2 Å². The molecule has 208 valence electrons. The fraction of sp³-hybridized carbons (Fsp3) is 0.194. The second kappa shape index (κ2) is 9.83. The lowest BCUT2D eigenvalue weighted by atomic mass is 9.92. The number of rotatable bonds is 5. The van der Waals surface area contributed by atoms with Crippen LogP contribution in [0.1, 0.15) is 23.6 Å². The first kappa shape index (κ1) is 26.7. The molecule has 1 saturated heterocycles. The Bertz CT molecular complexity index is 1820. The van der Waals surface area contributed by atoms with Crippen LogP contribution in [0.4, 0.5) is 10.5 Å². The third-order valence-electron chi connectivity index (χ3n) is 7.96. The van der Waals surface area contributed by atoms with Gasteiger partial charge in [0.2, 0.25) is 15.9 Å². The number of sulfonamides is 1. The summed E-state index contributed by atoms with van der Waals surface area (Å²) in [4.78, 5) is 39.5. The summed E-state index contributed by atoms with van der Waals surface area (Å²) < 4.78 is 29.3. The summed E-state index contributed by atoms with van der Waals surface area (Å²) in [5, 5.41) is 7.27. The zero-order valence-electron chi connectivity index (χ0n) is 22.5. The third-order valence-corrected chi connectivity index (χ3v) is 9.81. The molecule has 10 heteroatoms. The summed E-state index contributed by atoms with van der Waals surface area (Å²) in [6.45, 7) is 1.69. The molecule has 4 aromatic rings. The van der Waals surface area contributed by atoms with Crippen molar-refractivity contribution >= 4 is 44.3 Å². The highest BCUT2D eigenvalue weighted by Gasteiger charge is 2.47. The number of carbonyl (C=O) groups is 3. The molecule has 41 heavy (non-hydrogen) atoms. The van der Waals surface area contributed by atoms with Gasteiger partial charge in [0.25, 0.3) is 5.91 Å². The van der Waals surface area contributed by atoms with E-state index in [1.807, 2.05) is 48.5 Å². The number of urea groups is 1. The molecular weight excluding hydrogens is 540 g/mol. The van der Waals surface area contributed by atoms with E-state index >= 15 is 0 Å². The van der Waals surface area contributed by atoms with Crippen molar-refractivity contribution in [3.05, 3.63) is 108 Å². The smallest absolute Gasteiger partial charge is 0.325 e. The predicted octanol–water partition coefficient (Wildman–Crippen LogP) is 3.99. The summed E-state index contributed by atoms with van der Waals surface area (Å²) in [5.74, 6) is -0.845. The molecule has 0 spiro atoms.